The molecule has 22 heavy (non-hydrogen) atoms. The minimum Gasteiger partial charge on any atom is -0.494 e. The van der Waals surface area contributed by atoms with Crippen molar-refractivity contribution in [2.75, 3.05) is 13.2 Å². The maximum absolute atomic E-state index is 6.10. The summed E-state index contributed by atoms with van der Waals surface area (Å²) in [5.41, 5.74) is 15.0. The molecule has 1 aliphatic rings. The van der Waals surface area contributed by atoms with E-state index in [4.69, 9.17) is 16.2 Å². The van der Waals surface area contributed by atoms with Gasteiger partial charge in [-0.25, -0.2) is 0 Å². The average Bonchev–Trinajstić information content (AvgIpc) is 2.56. The number of hydrogen-bond acceptors (Lipinski definition) is 4. The highest BCUT2D eigenvalue weighted by molar-refractivity contribution is 5.99. The number of amidine groups is 1. The molecule has 1 heterocycles. The van der Waals surface area contributed by atoms with Crippen LogP contribution in [0.15, 0.2) is 53.5 Å². The molecule has 0 radical (unpaired) electrons. The van der Waals surface area contributed by atoms with Gasteiger partial charge in [-0.1, -0.05) is 36.4 Å². The van der Waals surface area contributed by atoms with E-state index in [9.17, 15) is 0 Å². The van der Waals surface area contributed by atoms with Gasteiger partial charge in [0, 0.05) is 5.56 Å². The third kappa shape index (κ3) is 3.12. The van der Waals surface area contributed by atoms with Gasteiger partial charge in [0.05, 0.1) is 12.6 Å². The fourth-order valence-corrected chi connectivity index (χ4v) is 2.69. The van der Waals surface area contributed by atoms with Crippen LogP contribution < -0.4 is 16.2 Å². The Morgan fingerprint density at radius 2 is 1.86 bits per heavy atom. The van der Waals surface area contributed by atoms with Crippen molar-refractivity contribution < 1.29 is 4.74 Å². The molecule has 1 unspecified atom stereocenters. The Balaban J connectivity index is 1.74. The van der Waals surface area contributed by atoms with Crippen molar-refractivity contribution in [1.29, 1.82) is 0 Å². The van der Waals surface area contributed by atoms with E-state index in [-0.39, 0.29) is 6.04 Å². The first-order valence-electron chi connectivity index (χ1n) is 7.62. The Morgan fingerprint density at radius 1 is 1.09 bits per heavy atom. The van der Waals surface area contributed by atoms with Gasteiger partial charge in [0.15, 0.2) is 0 Å². The van der Waals surface area contributed by atoms with E-state index in [1.165, 1.54) is 5.56 Å². The van der Waals surface area contributed by atoms with Crippen molar-refractivity contribution in [3.05, 3.63) is 65.2 Å². The third-order valence-electron chi connectivity index (χ3n) is 3.88. The molecule has 0 fully saturated rings. The first-order chi connectivity index (χ1) is 10.8. The van der Waals surface area contributed by atoms with Crippen LogP contribution in [-0.2, 0) is 6.42 Å². The van der Waals surface area contributed by atoms with E-state index >= 15 is 0 Å². The van der Waals surface area contributed by atoms with Crippen LogP contribution in [-0.4, -0.2) is 19.0 Å². The number of fused-ring (bicyclic) bond motifs is 1. The van der Waals surface area contributed by atoms with Crippen LogP contribution in [0, 0.1) is 0 Å². The van der Waals surface area contributed by atoms with Crippen molar-refractivity contribution in [3.63, 3.8) is 0 Å². The number of aliphatic imine (C=N–C) groups is 1. The van der Waals surface area contributed by atoms with Gasteiger partial charge in [-0.2, -0.15) is 0 Å². The Hall–Kier alpha value is -2.33. The summed E-state index contributed by atoms with van der Waals surface area (Å²) < 4.78 is 5.63. The lowest BCUT2D eigenvalue weighted by Crippen LogP contribution is -2.22. The molecule has 2 aromatic rings. The van der Waals surface area contributed by atoms with E-state index < -0.39 is 0 Å². The molecule has 0 amide bonds. The topological polar surface area (TPSA) is 73.6 Å². The normalized spacial score (nSPS) is 16.8. The summed E-state index contributed by atoms with van der Waals surface area (Å²) in [5, 5.41) is 0. The summed E-state index contributed by atoms with van der Waals surface area (Å²) in [6.45, 7) is 1.30. The number of hydrogen-bond donors (Lipinski definition) is 2. The Bertz CT molecular complexity index is 664. The molecule has 3 rings (SSSR count). The summed E-state index contributed by atoms with van der Waals surface area (Å²) in [6, 6.07) is 16.4. The number of benzene rings is 2. The monoisotopic (exact) mass is 295 g/mol. The molecule has 0 bridgehead atoms. The van der Waals surface area contributed by atoms with Crippen LogP contribution in [0.25, 0.3) is 0 Å². The van der Waals surface area contributed by atoms with Gasteiger partial charge in [0.25, 0.3) is 0 Å². The lowest BCUT2D eigenvalue weighted by Gasteiger charge is -2.22. The third-order valence-corrected chi connectivity index (χ3v) is 3.88. The second-order valence-corrected chi connectivity index (χ2v) is 5.45. The average molecular weight is 295 g/mol. The van der Waals surface area contributed by atoms with Crippen molar-refractivity contribution >= 4 is 5.84 Å². The number of rotatable bonds is 5. The standard InChI is InChI=1S/C18H21N3O/c19-10-3-11-22-15-8-6-13(7-9-15)17-12-14-4-1-2-5-16(14)18(20)21-17/h1-2,4-9,17H,3,10-12,19H2,(H2,20,21). The smallest absolute Gasteiger partial charge is 0.126 e. The SMILES string of the molecule is NCCCOc1ccc(C2Cc3ccccc3C(N)=N2)cc1. The van der Waals surface area contributed by atoms with Crippen LogP contribution in [0.4, 0.5) is 0 Å². The Morgan fingerprint density at radius 3 is 2.64 bits per heavy atom. The predicted molar refractivity (Wildman–Crippen MR) is 89.2 cm³/mol. The highest BCUT2D eigenvalue weighted by Gasteiger charge is 2.20. The highest BCUT2D eigenvalue weighted by Crippen LogP contribution is 2.29. The zero-order valence-electron chi connectivity index (χ0n) is 12.5. The fourth-order valence-electron chi connectivity index (χ4n) is 2.69. The van der Waals surface area contributed by atoms with E-state index in [0.717, 1.165) is 29.7 Å². The van der Waals surface area contributed by atoms with E-state index in [2.05, 4.69) is 23.2 Å². The zero-order chi connectivity index (χ0) is 15.4. The van der Waals surface area contributed by atoms with Gasteiger partial charge >= 0.3 is 0 Å². The van der Waals surface area contributed by atoms with Crippen molar-refractivity contribution in [1.82, 2.24) is 0 Å². The van der Waals surface area contributed by atoms with Crippen LogP contribution >= 0.6 is 0 Å². The Kier molecular flexibility index (Phi) is 4.39. The van der Waals surface area contributed by atoms with E-state index in [1.807, 2.05) is 30.3 Å². The first kappa shape index (κ1) is 14.6. The van der Waals surface area contributed by atoms with Crippen LogP contribution in [0.3, 0.4) is 0 Å². The number of ether oxygens (including phenoxy) is 1. The second-order valence-electron chi connectivity index (χ2n) is 5.45. The summed E-state index contributed by atoms with van der Waals surface area (Å²) in [5.74, 6) is 1.49. The predicted octanol–water partition coefficient (Wildman–Crippen LogP) is 2.42. The minimum absolute atomic E-state index is 0.0768. The van der Waals surface area contributed by atoms with Gasteiger partial charge < -0.3 is 16.2 Å². The molecule has 0 aromatic heterocycles. The van der Waals surface area contributed by atoms with Gasteiger partial charge in [-0.3, -0.25) is 4.99 Å². The van der Waals surface area contributed by atoms with Crippen molar-refractivity contribution in [2.24, 2.45) is 16.5 Å². The summed E-state index contributed by atoms with van der Waals surface area (Å²) in [6.07, 6.45) is 1.74. The molecule has 4 heteroatoms. The number of nitrogens with zero attached hydrogens (tertiary/aromatic N) is 1. The van der Waals surface area contributed by atoms with Crippen LogP contribution in [0.5, 0.6) is 5.75 Å². The molecule has 0 spiro atoms. The summed E-state index contributed by atoms with van der Waals surface area (Å²) in [7, 11) is 0. The van der Waals surface area contributed by atoms with Crippen LogP contribution in [0.1, 0.15) is 29.2 Å². The fraction of sp³-hybridized carbons (Fsp3) is 0.278. The summed E-state index contributed by atoms with van der Waals surface area (Å²) >= 11 is 0. The number of nitrogens with two attached hydrogens (primary N) is 2. The van der Waals surface area contributed by atoms with Gasteiger partial charge in [-0.15, -0.1) is 0 Å². The molecular formula is C18H21N3O. The van der Waals surface area contributed by atoms with Gasteiger partial charge in [0.1, 0.15) is 11.6 Å². The lowest BCUT2D eigenvalue weighted by atomic mass is 9.92. The van der Waals surface area contributed by atoms with Crippen molar-refractivity contribution in [3.8, 4) is 5.75 Å². The molecule has 4 N–H and O–H groups in total. The largest absolute Gasteiger partial charge is 0.494 e. The highest BCUT2D eigenvalue weighted by atomic mass is 16.5. The molecule has 1 aliphatic heterocycles. The van der Waals surface area contributed by atoms with E-state index in [0.29, 0.717) is 19.0 Å². The minimum atomic E-state index is 0.0768. The molecule has 0 saturated heterocycles. The first-order valence-corrected chi connectivity index (χ1v) is 7.62. The molecule has 2 aromatic carbocycles. The maximum Gasteiger partial charge on any atom is 0.126 e. The molecule has 4 nitrogen and oxygen atoms in total. The molecular weight excluding hydrogens is 274 g/mol. The van der Waals surface area contributed by atoms with Gasteiger partial charge in [-0.05, 0) is 42.6 Å². The van der Waals surface area contributed by atoms with Crippen LogP contribution in [0.2, 0.25) is 0 Å². The zero-order valence-corrected chi connectivity index (χ0v) is 12.5. The Labute approximate surface area is 130 Å². The molecule has 0 aliphatic carbocycles. The lowest BCUT2D eigenvalue weighted by molar-refractivity contribution is 0.313. The second kappa shape index (κ2) is 6.62. The van der Waals surface area contributed by atoms with Gasteiger partial charge in [0.2, 0.25) is 0 Å². The van der Waals surface area contributed by atoms with E-state index in [1.54, 1.807) is 0 Å². The summed E-state index contributed by atoms with van der Waals surface area (Å²) in [4.78, 5) is 4.64. The molecule has 0 saturated carbocycles. The maximum atomic E-state index is 6.10. The molecule has 1 atom stereocenters. The molecule has 114 valence electrons. The van der Waals surface area contributed by atoms with Crippen molar-refractivity contribution in [2.45, 2.75) is 18.9 Å². The quantitative estimate of drug-likeness (QED) is 0.832.